The van der Waals surface area contributed by atoms with Crippen molar-refractivity contribution >= 4 is 11.5 Å². The first-order chi connectivity index (χ1) is 14.5. The molecule has 1 aromatic heterocycles. The van der Waals surface area contributed by atoms with Crippen molar-refractivity contribution < 1.29 is 14.3 Å². The molecule has 3 rings (SSSR count). The summed E-state index contributed by atoms with van der Waals surface area (Å²) < 4.78 is 10.9. The van der Waals surface area contributed by atoms with Gasteiger partial charge in [0, 0.05) is 18.7 Å². The minimum absolute atomic E-state index is 0.121. The van der Waals surface area contributed by atoms with Gasteiger partial charge < -0.3 is 14.8 Å². The molecular weight excluding hydrogens is 378 g/mol. The van der Waals surface area contributed by atoms with E-state index in [9.17, 15) is 10.1 Å². The molecule has 1 N–H and O–H groups in total. The van der Waals surface area contributed by atoms with Gasteiger partial charge in [-0.05, 0) is 48.2 Å². The van der Waals surface area contributed by atoms with Crippen LogP contribution in [0.3, 0.4) is 0 Å². The quantitative estimate of drug-likeness (QED) is 0.659. The van der Waals surface area contributed by atoms with Gasteiger partial charge in [-0.3, -0.25) is 4.79 Å². The van der Waals surface area contributed by atoms with Crippen molar-refractivity contribution in [1.82, 2.24) is 10.3 Å². The van der Waals surface area contributed by atoms with Gasteiger partial charge in [0.2, 0.25) is 5.88 Å². The number of aromatic nitrogens is 1. The molecule has 0 saturated heterocycles. The maximum absolute atomic E-state index is 12.7. The zero-order valence-corrected chi connectivity index (χ0v) is 17.7. The summed E-state index contributed by atoms with van der Waals surface area (Å²) in [6, 6.07) is 13.4. The van der Waals surface area contributed by atoms with E-state index in [0.29, 0.717) is 24.5 Å². The summed E-state index contributed by atoms with van der Waals surface area (Å²) in [6.45, 7) is 4.83. The summed E-state index contributed by atoms with van der Waals surface area (Å²) in [5.41, 5.74) is 1.85. The molecule has 1 aromatic carbocycles. The number of nitrogens with zero attached hydrogens (tertiary/aromatic N) is 2. The third-order valence-corrected chi connectivity index (χ3v) is 5.36. The molecule has 1 aliphatic heterocycles. The molecule has 1 amide bonds. The molecule has 0 radical (unpaired) electrons. The minimum atomic E-state index is -0.645. The number of hydrogen-bond acceptors (Lipinski definition) is 5. The largest absolute Gasteiger partial charge is 0.494 e. The Labute approximate surface area is 177 Å². The molecule has 156 valence electrons. The molecule has 30 heavy (non-hydrogen) atoms. The van der Waals surface area contributed by atoms with Crippen molar-refractivity contribution in [2.75, 3.05) is 13.7 Å². The molecule has 6 nitrogen and oxygen atoms in total. The molecular formula is C24H27N3O3. The summed E-state index contributed by atoms with van der Waals surface area (Å²) in [5.74, 6) is 0.917. The fourth-order valence-corrected chi connectivity index (χ4v) is 3.62. The van der Waals surface area contributed by atoms with Gasteiger partial charge in [-0.25, -0.2) is 4.98 Å². The monoisotopic (exact) mass is 405 g/mol. The van der Waals surface area contributed by atoms with Gasteiger partial charge in [0.1, 0.15) is 17.4 Å². The topological polar surface area (TPSA) is 84.2 Å². The number of nitriles is 1. The standard InChI is InChI=1S/C24H27N3O3/c1-4-5-6-13-30-19-10-8-18(9-11-19)24(2)14-20(21(15-25)23(28)27-24)17-7-12-22(29-3)26-16-17/h7-12,16H,4-6,13-14H2,1-3H3,(H,27,28)/t24-/m0/s1. The normalized spacial score (nSPS) is 18.5. The van der Waals surface area contributed by atoms with Gasteiger partial charge in [0.15, 0.2) is 0 Å². The van der Waals surface area contributed by atoms with E-state index in [1.165, 1.54) is 0 Å². The van der Waals surface area contributed by atoms with Crippen LogP contribution in [0.25, 0.3) is 5.57 Å². The summed E-state index contributed by atoms with van der Waals surface area (Å²) in [4.78, 5) is 17.0. The molecule has 6 heteroatoms. The van der Waals surface area contributed by atoms with Gasteiger partial charge in [0.05, 0.1) is 19.3 Å². The van der Waals surface area contributed by atoms with E-state index >= 15 is 0 Å². The van der Waals surface area contributed by atoms with Gasteiger partial charge in [0.25, 0.3) is 5.91 Å². The maximum Gasteiger partial charge on any atom is 0.262 e. The molecule has 1 atom stereocenters. The maximum atomic E-state index is 12.7. The van der Waals surface area contributed by atoms with E-state index in [-0.39, 0.29) is 11.5 Å². The highest BCUT2D eigenvalue weighted by Gasteiger charge is 2.37. The van der Waals surface area contributed by atoms with Crippen LogP contribution in [0, 0.1) is 11.3 Å². The Bertz CT molecular complexity index is 959. The molecule has 1 aliphatic rings. The second-order valence-electron chi connectivity index (χ2n) is 7.60. The Kier molecular flexibility index (Phi) is 6.73. The van der Waals surface area contributed by atoms with Crippen LogP contribution in [-0.4, -0.2) is 24.6 Å². The molecule has 0 fully saturated rings. The van der Waals surface area contributed by atoms with E-state index in [4.69, 9.17) is 9.47 Å². The Morgan fingerprint density at radius 3 is 2.57 bits per heavy atom. The fraction of sp³-hybridized carbons (Fsp3) is 0.375. The third kappa shape index (κ3) is 4.62. The summed E-state index contributed by atoms with van der Waals surface area (Å²) in [7, 11) is 1.55. The van der Waals surface area contributed by atoms with Gasteiger partial charge >= 0.3 is 0 Å². The summed E-state index contributed by atoms with van der Waals surface area (Å²) >= 11 is 0. The average Bonchev–Trinajstić information content (AvgIpc) is 2.77. The molecule has 2 heterocycles. The number of rotatable bonds is 8. The smallest absolute Gasteiger partial charge is 0.262 e. The van der Waals surface area contributed by atoms with Crippen LogP contribution in [0.15, 0.2) is 48.2 Å². The number of amides is 1. The predicted octanol–water partition coefficient (Wildman–Crippen LogP) is 4.37. The number of hydrogen-bond donors (Lipinski definition) is 1. The number of pyridine rings is 1. The lowest BCUT2D eigenvalue weighted by Gasteiger charge is -2.36. The van der Waals surface area contributed by atoms with E-state index < -0.39 is 5.54 Å². The number of carbonyl (C=O) groups is 1. The van der Waals surface area contributed by atoms with Crippen LogP contribution in [0.1, 0.15) is 50.7 Å². The van der Waals surface area contributed by atoms with E-state index in [0.717, 1.165) is 36.1 Å². The Morgan fingerprint density at radius 2 is 1.97 bits per heavy atom. The first kappa shape index (κ1) is 21.4. The van der Waals surface area contributed by atoms with Crippen molar-refractivity contribution in [2.24, 2.45) is 0 Å². The second-order valence-corrected chi connectivity index (χ2v) is 7.60. The molecule has 2 aromatic rings. The lowest BCUT2D eigenvalue weighted by Crippen LogP contribution is -2.47. The number of benzene rings is 1. The number of unbranched alkanes of at least 4 members (excludes halogenated alkanes) is 2. The van der Waals surface area contributed by atoms with Crippen molar-refractivity contribution in [3.63, 3.8) is 0 Å². The minimum Gasteiger partial charge on any atom is -0.494 e. The van der Waals surface area contributed by atoms with Crippen LogP contribution in [0.2, 0.25) is 0 Å². The van der Waals surface area contributed by atoms with E-state index in [1.54, 1.807) is 19.4 Å². The van der Waals surface area contributed by atoms with Gasteiger partial charge in [-0.15, -0.1) is 0 Å². The van der Waals surface area contributed by atoms with Crippen LogP contribution in [0.4, 0.5) is 0 Å². The van der Waals surface area contributed by atoms with Gasteiger partial charge in [-0.2, -0.15) is 5.26 Å². The predicted molar refractivity (Wildman–Crippen MR) is 115 cm³/mol. The Hall–Kier alpha value is -3.33. The number of carbonyl (C=O) groups excluding carboxylic acids is 1. The van der Waals surface area contributed by atoms with Crippen LogP contribution in [0.5, 0.6) is 11.6 Å². The van der Waals surface area contributed by atoms with E-state index in [1.807, 2.05) is 37.3 Å². The van der Waals surface area contributed by atoms with Crippen molar-refractivity contribution in [3.8, 4) is 17.7 Å². The Balaban J connectivity index is 1.84. The van der Waals surface area contributed by atoms with Gasteiger partial charge in [-0.1, -0.05) is 31.9 Å². The highest BCUT2D eigenvalue weighted by molar-refractivity contribution is 6.07. The SMILES string of the molecule is CCCCCOc1ccc([C@]2(C)CC(c3ccc(OC)nc3)=C(C#N)C(=O)N2)cc1. The molecule has 0 unspecified atom stereocenters. The number of nitrogens with one attached hydrogen (secondary N) is 1. The van der Waals surface area contributed by atoms with Crippen molar-refractivity contribution in [1.29, 1.82) is 5.26 Å². The van der Waals surface area contributed by atoms with Crippen molar-refractivity contribution in [3.05, 3.63) is 59.3 Å². The van der Waals surface area contributed by atoms with Crippen LogP contribution in [-0.2, 0) is 10.3 Å². The first-order valence-electron chi connectivity index (χ1n) is 10.2. The molecule has 0 aliphatic carbocycles. The van der Waals surface area contributed by atoms with E-state index in [2.05, 4.69) is 23.3 Å². The lowest BCUT2D eigenvalue weighted by molar-refractivity contribution is -0.119. The number of methoxy groups -OCH3 is 1. The highest BCUT2D eigenvalue weighted by atomic mass is 16.5. The number of ether oxygens (including phenoxy) is 2. The van der Waals surface area contributed by atoms with Crippen LogP contribution < -0.4 is 14.8 Å². The molecule has 0 bridgehead atoms. The molecule has 0 saturated carbocycles. The second kappa shape index (κ2) is 9.45. The summed E-state index contributed by atoms with van der Waals surface area (Å²) in [6.07, 6.45) is 5.46. The lowest BCUT2D eigenvalue weighted by atomic mass is 9.79. The zero-order chi connectivity index (χ0) is 21.6. The summed E-state index contributed by atoms with van der Waals surface area (Å²) in [5, 5.41) is 12.6. The fourth-order valence-electron chi connectivity index (χ4n) is 3.62. The Morgan fingerprint density at radius 1 is 1.20 bits per heavy atom. The third-order valence-electron chi connectivity index (χ3n) is 5.36. The zero-order valence-electron chi connectivity index (χ0n) is 17.7. The molecule has 0 spiro atoms. The van der Waals surface area contributed by atoms with Crippen molar-refractivity contribution in [2.45, 2.75) is 45.1 Å². The first-order valence-corrected chi connectivity index (χ1v) is 10.2. The highest BCUT2D eigenvalue weighted by Crippen LogP contribution is 2.38. The average molecular weight is 405 g/mol. The van der Waals surface area contributed by atoms with Crippen LogP contribution >= 0.6 is 0 Å².